The molecular formula is C21H28N3O3+. The van der Waals surface area contributed by atoms with E-state index in [2.05, 4.69) is 17.6 Å². The van der Waals surface area contributed by atoms with Gasteiger partial charge in [0.05, 0.1) is 14.2 Å². The fourth-order valence-electron chi connectivity index (χ4n) is 2.86. The van der Waals surface area contributed by atoms with Gasteiger partial charge >= 0.3 is 0 Å². The van der Waals surface area contributed by atoms with Gasteiger partial charge in [-0.2, -0.15) is 0 Å². The highest BCUT2D eigenvalue weighted by atomic mass is 16.5. The average molecular weight is 370 g/mol. The van der Waals surface area contributed by atoms with Crippen molar-refractivity contribution in [3.8, 4) is 5.75 Å². The monoisotopic (exact) mass is 370 g/mol. The number of hydrogen-bond donors (Lipinski definition) is 3. The zero-order valence-corrected chi connectivity index (χ0v) is 16.2. The first kappa shape index (κ1) is 20.5. The van der Waals surface area contributed by atoms with Gasteiger partial charge in [-0.25, -0.2) is 0 Å². The van der Waals surface area contributed by atoms with Crippen molar-refractivity contribution < 1.29 is 19.2 Å². The number of amides is 2. The fourth-order valence-corrected chi connectivity index (χ4v) is 2.86. The maximum Gasteiger partial charge on any atom is 0.279 e. The molecule has 0 bridgehead atoms. The highest BCUT2D eigenvalue weighted by molar-refractivity contribution is 5.92. The van der Waals surface area contributed by atoms with Gasteiger partial charge in [0.25, 0.3) is 11.8 Å². The van der Waals surface area contributed by atoms with Gasteiger partial charge < -0.3 is 20.3 Å². The molecule has 6 nitrogen and oxygen atoms in total. The average Bonchev–Trinajstić information content (AvgIpc) is 2.66. The molecule has 2 aromatic carbocycles. The lowest BCUT2D eigenvalue weighted by molar-refractivity contribution is -0.862. The van der Waals surface area contributed by atoms with E-state index in [-0.39, 0.29) is 24.9 Å². The fraction of sp³-hybridized carbons (Fsp3) is 0.333. The smallest absolute Gasteiger partial charge is 0.279 e. The van der Waals surface area contributed by atoms with Crippen LogP contribution >= 0.6 is 0 Å². The molecule has 0 saturated heterocycles. The number of rotatable bonds is 9. The van der Waals surface area contributed by atoms with E-state index in [9.17, 15) is 9.59 Å². The lowest BCUT2D eigenvalue weighted by atomic mass is 10.1. The largest absolute Gasteiger partial charge is 0.496 e. The SMILES string of the molecule is CCc1ccccc1NC(=O)C[NH+](C)CC(=O)NCc1ccccc1OC. The maximum absolute atomic E-state index is 12.3. The van der Waals surface area contributed by atoms with Crippen LogP contribution in [0.2, 0.25) is 0 Å². The quantitative estimate of drug-likeness (QED) is 0.617. The number of nitrogens with one attached hydrogen (secondary N) is 3. The zero-order chi connectivity index (χ0) is 19.6. The highest BCUT2D eigenvalue weighted by Crippen LogP contribution is 2.16. The summed E-state index contributed by atoms with van der Waals surface area (Å²) >= 11 is 0. The van der Waals surface area contributed by atoms with Crippen LogP contribution in [-0.4, -0.2) is 39.1 Å². The third-order valence-corrected chi connectivity index (χ3v) is 4.27. The number of hydrogen-bond acceptors (Lipinski definition) is 3. The van der Waals surface area contributed by atoms with E-state index in [0.717, 1.165) is 33.9 Å². The molecule has 2 rings (SSSR count). The van der Waals surface area contributed by atoms with Gasteiger partial charge in [-0.3, -0.25) is 9.59 Å². The van der Waals surface area contributed by atoms with Crippen LogP contribution in [0.5, 0.6) is 5.75 Å². The number of carbonyl (C=O) groups excluding carboxylic acids is 2. The van der Waals surface area contributed by atoms with Gasteiger partial charge in [0.15, 0.2) is 13.1 Å². The molecule has 0 radical (unpaired) electrons. The summed E-state index contributed by atoms with van der Waals surface area (Å²) < 4.78 is 5.28. The van der Waals surface area contributed by atoms with Crippen molar-refractivity contribution in [2.45, 2.75) is 19.9 Å². The number of quaternary nitrogens is 1. The third-order valence-electron chi connectivity index (χ3n) is 4.27. The van der Waals surface area contributed by atoms with Gasteiger partial charge in [0, 0.05) is 17.8 Å². The molecule has 2 aromatic rings. The number of aryl methyl sites for hydroxylation is 1. The summed E-state index contributed by atoms with van der Waals surface area (Å²) in [7, 11) is 3.43. The molecule has 0 spiro atoms. The molecule has 3 N–H and O–H groups in total. The lowest BCUT2D eigenvalue weighted by Crippen LogP contribution is -3.11. The topological polar surface area (TPSA) is 71.9 Å². The molecular weight excluding hydrogens is 342 g/mol. The Morgan fingerprint density at radius 3 is 2.30 bits per heavy atom. The van der Waals surface area contributed by atoms with Crippen molar-refractivity contribution in [3.05, 3.63) is 59.7 Å². The summed E-state index contributed by atoms with van der Waals surface area (Å²) in [6, 6.07) is 15.3. The number of ether oxygens (including phenoxy) is 1. The normalized spacial score (nSPS) is 11.5. The summed E-state index contributed by atoms with van der Waals surface area (Å²) in [5.41, 5.74) is 2.84. The number of likely N-dealkylation sites (N-methyl/N-ethyl adjacent to an activating group) is 1. The Hall–Kier alpha value is -2.86. The van der Waals surface area contributed by atoms with Gasteiger partial charge in [0.2, 0.25) is 0 Å². The summed E-state index contributed by atoms with van der Waals surface area (Å²) in [5.74, 6) is 0.526. The molecule has 0 heterocycles. The minimum atomic E-state index is -0.111. The highest BCUT2D eigenvalue weighted by Gasteiger charge is 2.15. The second kappa shape index (κ2) is 10.3. The van der Waals surface area contributed by atoms with E-state index < -0.39 is 0 Å². The van der Waals surface area contributed by atoms with Gasteiger partial charge in [-0.05, 0) is 24.1 Å². The van der Waals surface area contributed by atoms with E-state index >= 15 is 0 Å². The number of para-hydroxylation sites is 2. The summed E-state index contributed by atoms with van der Waals surface area (Å²) in [4.78, 5) is 25.2. The van der Waals surface area contributed by atoms with Crippen molar-refractivity contribution in [2.24, 2.45) is 0 Å². The lowest BCUT2D eigenvalue weighted by Gasteiger charge is -2.15. The van der Waals surface area contributed by atoms with E-state index in [1.54, 1.807) is 7.11 Å². The summed E-state index contributed by atoms with van der Waals surface area (Å²) in [6.07, 6.45) is 0.852. The molecule has 0 aliphatic carbocycles. The van der Waals surface area contributed by atoms with Gasteiger partial charge in [0.1, 0.15) is 5.75 Å². The Morgan fingerprint density at radius 1 is 0.963 bits per heavy atom. The van der Waals surface area contributed by atoms with Crippen LogP contribution in [0.4, 0.5) is 5.69 Å². The standard InChI is InChI=1S/C21H27N3O3/c1-4-16-9-5-7-11-18(16)23-21(26)15-24(2)14-20(25)22-13-17-10-6-8-12-19(17)27-3/h5-12H,4,13-15H2,1-3H3,(H,22,25)(H,23,26)/p+1. The minimum Gasteiger partial charge on any atom is -0.496 e. The van der Waals surface area contributed by atoms with Crippen LogP contribution in [0.15, 0.2) is 48.5 Å². The first-order valence-electron chi connectivity index (χ1n) is 9.11. The Morgan fingerprint density at radius 2 is 1.59 bits per heavy atom. The summed E-state index contributed by atoms with van der Waals surface area (Å²) in [5, 5.41) is 5.80. The second-order valence-corrected chi connectivity index (χ2v) is 6.46. The van der Waals surface area contributed by atoms with Crippen molar-refractivity contribution in [2.75, 3.05) is 32.6 Å². The Bertz CT molecular complexity index is 777. The maximum atomic E-state index is 12.3. The number of carbonyl (C=O) groups is 2. The first-order valence-corrected chi connectivity index (χ1v) is 9.11. The molecule has 0 saturated carbocycles. The second-order valence-electron chi connectivity index (χ2n) is 6.46. The van der Waals surface area contributed by atoms with E-state index in [1.807, 2.05) is 55.6 Å². The molecule has 27 heavy (non-hydrogen) atoms. The van der Waals surface area contributed by atoms with Crippen LogP contribution in [0.25, 0.3) is 0 Å². The Labute approximate surface area is 160 Å². The van der Waals surface area contributed by atoms with Crippen LogP contribution in [0, 0.1) is 0 Å². The predicted octanol–water partition coefficient (Wildman–Crippen LogP) is 1.03. The molecule has 2 amide bonds. The predicted molar refractivity (Wildman–Crippen MR) is 106 cm³/mol. The first-order chi connectivity index (χ1) is 13.0. The van der Waals surface area contributed by atoms with Crippen molar-refractivity contribution in [1.29, 1.82) is 0 Å². The zero-order valence-electron chi connectivity index (χ0n) is 16.2. The number of methoxy groups -OCH3 is 1. The Kier molecular flexibility index (Phi) is 7.82. The molecule has 144 valence electrons. The van der Waals surface area contributed by atoms with Gasteiger partial charge in [-0.15, -0.1) is 0 Å². The van der Waals surface area contributed by atoms with Gasteiger partial charge in [-0.1, -0.05) is 43.3 Å². The van der Waals surface area contributed by atoms with E-state index in [1.165, 1.54) is 0 Å². The van der Waals surface area contributed by atoms with Crippen LogP contribution < -0.4 is 20.3 Å². The number of anilines is 1. The molecule has 1 atom stereocenters. The van der Waals surface area contributed by atoms with Crippen molar-refractivity contribution in [3.63, 3.8) is 0 Å². The minimum absolute atomic E-state index is 0.106. The Balaban J connectivity index is 1.79. The van der Waals surface area contributed by atoms with Crippen LogP contribution in [0.1, 0.15) is 18.1 Å². The van der Waals surface area contributed by atoms with E-state index in [0.29, 0.717) is 6.54 Å². The van der Waals surface area contributed by atoms with Crippen LogP contribution in [0.3, 0.4) is 0 Å². The van der Waals surface area contributed by atoms with Crippen LogP contribution in [-0.2, 0) is 22.6 Å². The molecule has 0 aliphatic rings. The molecule has 0 aliphatic heterocycles. The molecule has 0 aromatic heterocycles. The molecule has 0 fully saturated rings. The molecule has 1 unspecified atom stereocenters. The van der Waals surface area contributed by atoms with Crippen molar-refractivity contribution in [1.82, 2.24) is 5.32 Å². The summed E-state index contributed by atoms with van der Waals surface area (Å²) in [6.45, 7) is 2.89. The van der Waals surface area contributed by atoms with E-state index in [4.69, 9.17) is 4.74 Å². The molecule has 6 heteroatoms. The van der Waals surface area contributed by atoms with Crippen molar-refractivity contribution >= 4 is 17.5 Å². The number of benzene rings is 2. The third kappa shape index (κ3) is 6.42.